The highest BCUT2D eigenvalue weighted by molar-refractivity contribution is 6.31. The molecule has 0 radical (unpaired) electrons. The van der Waals surface area contributed by atoms with E-state index in [0.29, 0.717) is 6.54 Å². The van der Waals surface area contributed by atoms with Crippen molar-refractivity contribution in [1.29, 1.82) is 0 Å². The first-order valence-electron chi connectivity index (χ1n) is 6.58. The normalized spacial score (nSPS) is 14.3. The number of rotatable bonds is 2. The van der Waals surface area contributed by atoms with Crippen molar-refractivity contribution in [3.8, 4) is 0 Å². The zero-order valence-corrected chi connectivity index (χ0v) is 11.5. The van der Waals surface area contributed by atoms with E-state index in [9.17, 15) is 0 Å². The van der Waals surface area contributed by atoms with Gasteiger partial charge in [0.05, 0.1) is 0 Å². The van der Waals surface area contributed by atoms with E-state index in [-0.39, 0.29) is 0 Å². The lowest BCUT2D eigenvalue weighted by Crippen LogP contribution is -2.30. The van der Waals surface area contributed by atoms with Crippen molar-refractivity contribution in [1.82, 2.24) is 0 Å². The van der Waals surface area contributed by atoms with Crippen molar-refractivity contribution >= 4 is 17.3 Å². The van der Waals surface area contributed by atoms with Crippen molar-refractivity contribution in [3.63, 3.8) is 0 Å². The van der Waals surface area contributed by atoms with Gasteiger partial charge in [-0.15, -0.1) is 0 Å². The molecule has 1 heterocycles. The number of benzene rings is 2. The second kappa shape index (κ2) is 5.24. The molecule has 0 amide bonds. The summed E-state index contributed by atoms with van der Waals surface area (Å²) in [6, 6.07) is 14.8. The summed E-state index contributed by atoms with van der Waals surface area (Å²) < 4.78 is 0. The van der Waals surface area contributed by atoms with E-state index < -0.39 is 0 Å². The molecule has 0 saturated carbocycles. The summed E-state index contributed by atoms with van der Waals surface area (Å²) in [7, 11) is 0. The Labute approximate surface area is 118 Å². The highest BCUT2D eigenvalue weighted by Gasteiger charge is 2.16. The lowest BCUT2D eigenvalue weighted by atomic mass is 9.99. The van der Waals surface area contributed by atoms with Crippen molar-refractivity contribution in [2.24, 2.45) is 5.73 Å². The quantitative estimate of drug-likeness (QED) is 0.908. The smallest absolute Gasteiger partial charge is 0.0471 e. The zero-order valence-electron chi connectivity index (χ0n) is 10.8. The minimum atomic E-state index is 0.488. The first-order valence-corrected chi connectivity index (χ1v) is 6.96. The second-order valence-corrected chi connectivity index (χ2v) is 5.33. The number of halogens is 1. The number of nitrogens with zero attached hydrogens (tertiary/aromatic N) is 1. The predicted molar refractivity (Wildman–Crippen MR) is 80.5 cm³/mol. The molecule has 19 heavy (non-hydrogen) atoms. The molecule has 0 saturated heterocycles. The van der Waals surface area contributed by atoms with Gasteiger partial charge in [-0.2, -0.15) is 0 Å². The number of hydrogen-bond donors (Lipinski definition) is 1. The topological polar surface area (TPSA) is 29.3 Å². The van der Waals surface area contributed by atoms with Gasteiger partial charge in [0.15, 0.2) is 0 Å². The molecule has 0 aliphatic carbocycles. The zero-order chi connectivity index (χ0) is 13.2. The average molecular weight is 273 g/mol. The maximum atomic E-state index is 6.24. The Kier molecular flexibility index (Phi) is 3.45. The molecular formula is C16H17ClN2. The standard InChI is InChI=1S/C16H17ClN2/c17-16-9-15(6-5-13(16)10-18)19-8-7-12-3-1-2-4-14(12)11-19/h1-6,9H,7-8,10-11,18H2. The lowest BCUT2D eigenvalue weighted by Gasteiger charge is -2.31. The molecule has 1 aliphatic heterocycles. The molecule has 3 heteroatoms. The van der Waals surface area contributed by atoms with Gasteiger partial charge in [0.1, 0.15) is 0 Å². The van der Waals surface area contributed by atoms with Gasteiger partial charge in [-0.3, -0.25) is 0 Å². The summed E-state index contributed by atoms with van der Waals surface area (Å²) in [5.41, 5.74) is 10.7. The van der Waals surface area contributed by atoms with E-state index in [1.165, 1.54) is 16.8 Å². The molecule has 0 unspecified atom stereocenters. The largest absolute Gasteiger partial charge is 0.367 e. The van der Waals surface area contributed by atoms with Crippen LogP contribution < -0.4 is 10.6 Å². The monoisotopic (exact) mass is 272 g/mol. The average Bonchev–Trinajstić information content (AvgIpc) is 2.46. The highest BCUT2D eigenvalue weighted by Crippen LogP contribution is 2.28. The molecule has 0 aromatic heterocycles. The Bertz CT molecular complexity index is 595. The second-order valence-electron chi connectivity index (χ2n) is 4.92. The van der Waals surface area contributed by atoms with Crippen LogP contribution in [0.3, 0.4) is 0 Å². The molecule has 2 nitrogen and oxygen atoms in total. The number of fused-ring (bicyclic) bond motifs is 1. The summed E-state index contributed by atoms with van der Waals surface area (Å²) >= 11 is 6.24. The first kappa shape index (κ1) is 12.5. The van der Waals surface area contributed by atoms with Crippen LogP contribution in [0.25, 0.3) is 0 Å². The van der Waals surface area contributed by atoms with Crippen LogP contribution in [0.2, 0.25) is 5.02 Å². The van der Waals surface area contributed by atoms with Gasteiger partial charge in [0.2, 0.25) is 0 Å². The van der Waals surface area contributed by atoms with Crippen molar-refractivity contribution in [3.05, 3.63) is 64.2 Å². The van der Waals surface area contributed by atoms with Crippen molar-refractivity contribution in [2.75, 3.05) is 11.4 Å². The number of hydrogen-bond acceptors (Lipinski definition) is 2. The molecule has 0 bridgehead atoms. The molecule has 0 atom stereocenters. The van der Waals surface area contributed by atoms with E-state index >= 15 is 0 Å². The number of nitrogens with two attached hydrogens (primary N) is 1. The maximum absolute atomic E-state index is 6.24. The molecule has 2 aromatic carbocycles. The Morgan fingerprint density at radius 3 is 2.63 bits per heavy atom. The van der Waals surface area contributed by atoms with E-state index in [4.69, 9.17) is 17.3 Å². The van der Waals surface area contributed by atoms with Gasteiger partial charge in [-0.25, -0.2) is 0 Å². The Morgan fingerprint density at radius 2 is 1.89 bits per heavy atom. The van der Waals surface area contributed by atoms with E-state index in [1.54, 1.807) is 0 Å². The van der Waals surface area contributed by atoms with Crippen LogP contribution in [-0.2, 0) is 19.5 Å². The Morgan fingerprint density at radius 1 is 1.11 bits per heavy atom. The summed E-state index contributed by atoms with van der Waals surface area (Å²) in [6.45, 7) is 2.48. The van der Waals surface area contributed by atoms with Gasteiger partial charge in [0.25, 0.3) is 0 Å². The maximum Gasteiger partial charge on any atom is 0.0471 e. The first-order chi connectivity index (χ1) is 9.28. The van der Waals surface area contributed by atoms with Gasteiger partial charge >= 0.3 is 0 Å². The minimum absolute atomic E-state index is 0.488. The van der Waals surface area contributed by atoms with Crippen LogP contribution in [0.1, 0.15) is 16.7 Å². The summed E-state index contributed by atoms with van der Waals surface area (Å²) in [5, 5.41) is 0.763. The van der Waals surface area contributed by atoms with Gasteiger partial charge in [-0.1, -0.05) is 41.9 Å². The summed E-state index contributed by atoms with van der Waals surface area (Å²) in [6.07, 6.45) is 1.09. The molecule has 2 N–H and O–H groups in total. The van der Waals surface area contributed by atoms with E-state index in [1.807, 2.05) is 12.1 Å². The molecule has 0 fully saturated rings. The molecule has 1 aliphatic rings. The van der Waals surface area contributed by atoms with Crippen LogP contribution in [-0.4, -0.2) is 6.54 Å². The molecule has 98 valence electrons. The molecular weight excluding hydrogens is 256 g/mol. The van der Waals surface area contributed by atoms with Crippen LogP contribution in [0.15, 0.2) is 42.5 Å². The SMILES string of the molecule is NCc1ccc(N2CCc3ccccc3C2)cc1Cl. The highest BCUT2D eigenvalue weighted by atomic mass is 35.5. The fourth-order valence-electron chi connectivity index (χ4n) is 2.61. The van der Waals surface area contributed by atoms with Crippen LogP contribution in [0, 0.1) is 0 Å². The van der Waals surface area contributed by atoms with Gasteiger partial charge in [0, 0.05) is 30.3 Å². The van der Waals surface area contributed by atoms with Crippen molar-refractivity contribution in [2.45, 2.75) is 19.5 Å². The Hall–Kier alpha value is -1.51. The van der Waals surface area contributed by atoms with Crippen LogP contribution in [0.5, 0.6) is 0 Å². The van der Waals surface area contributed by atoms with Gasteiger partial charge < -0.3 is 10.6 Å². The van der Waals surface area contributed by atoms with E-state index in [0.717, 1.165) is 30.1 Å². The molecule has 2 aromatic rings. The predicted octanol–water partition coefficient (Wildman–Crippen LogP) is 3.36. The third-order valence-electron chi connectivity index (χ3n) is 3.75. The van der Waals surface area contributed by atoms with Gasteiger partial charge in [-0.05, 0) is 35.2 Å². The Balaban J connectivity index is 1.87. The van der Waals surface area contributed by atoms with E-state index in [2.05, 4.69) is 35.2 Å². The molecule has 3 rings (SSSR count). The fraction of sp³-hybridized carbons (Fsp3) is 0.250. The third-order valence-corrected chi connectivity index (χ3v) is 4.10. The lowest BCUT2D eigenvalue weighted by molar-refractivity contribution is 0.731. The number of anilines is 1. The summed E-state index contributed by atoms with van der Waals surface area (Å²) in [5.74, 6) is 0. The molecule has 0 spiro atoms. The van der Waals surface area contributed by atoms with Crippen LogP contribution in [0.4, 0.5) is 5.69 Å². The van der Waals surface area contributed by atoms with Crippen LogP contribution >= 0.6 is 11.6 Å². The third kappa shape index (κ3) is 2.46. The fourth-order valence-corrected chi connectivity index (χ4v) is 2.87. The summed E-state index contributed by atoms with van der Waals surface area (Å²) in [4.78, 5) is 2.37. The minimum Gasteiger partial charge on any atom is -0.367 e. The van der Waals surface area contributed by atoms with Crippen molar-refractivity contribution < 1.29 is 0 Å².